The summed E-state index contributed by atoms with van der Waals surface area (Å²) in [6.45, 7) is 8.14. The smallest absolute Gasteiger partial charge is 0.169 e. The summed E-state index contributed by atoms with van der Waals surface area (Å²) in [7, 11) is 1.63. The van der Waals surface area contributed by atoms with Crippen molar-refractivity contribution in [1.82, 2.24) is 0 Å². The molecule has 4 aliphatic rings. The van der Waals surface area contributed by atoms with Gasteiger partial charge >= 0.3 is 0 Å². The zero-order valence-corrected chi connectivity index (χ0v) is 11.7. The lowest BCUT2D eigenvalue weighted by molar-refractivity contribution is -0.259. The molecule has 2 bridgehead atoms. The van der Waals surface area contributed by atoms with E-state index in [9.17, 15) is 10.2 Å². The van der Waals surface area contributed by atoms with E-state index in [4.69, 9.17) is 9.47 Å². The van der Waals surface area contributed by atoms with Crippen molar-refractivity contribution in [3.05, 3.63) is 24.8 Å². The zero-order valence-electron chi connectivity index (χ0n) is 11.7. The van der Waals surface area contributed by atoms with Gasteiger partial charge in [0.1, 0.15) is 5.60 Å². The molecule has 4 heteroatoms. The van der Waals surface area contributed by atoms with E-state index in [1.54, 1.807) is 7.11 Å². The predicted octanol–water partition coefficient (Wildman–Crippen LogP) is 1.10. The molecular weight excluding hydrogens is 244 g/mol. The van der Waals surface area contributed by atoms with Gasteiger partial charge in [-0.25, -0.2) is 0 Å². The predicted molar refractivity (Wildman–Crippen MR) is 70.2 cm³/mol. The Morgan fingerprint density at radius 2 is 2.16 bits per heavy atom. The first-order valence-corrected chi connectivity index (χ1v) is 6.76. The molecule has 0 unspecified atom stereocenters. The number of aliphatic hydroxyl groups excluding tert-OH is 1. The summed E-state index contributed by atoms with van der Waals surface area (Å²) in [5.74, 6) is -0.701. The molecule has 4 rings (SSSR count). The summed E-state index contributed by atoms with van der Waals surface area (Å²) < 4.78 is 11.4. The van der Waals surface area contributed by atoms with Crippen LogP contribution in [-0.2, 0) is 9.47 Å². The zero-order chi connectivity index (χ0) is 14.1. The van der Waals surface area contributed by atoms with Crippen molar-refractivity contribution < 1.29 is 19.7 Å². The standard InChI is InChI=1S/C15H22O4/c1-5-15(17)12(16)9-6-7-13(15,2)11-10(9)8-19-14(11,3)18-4/h5-7,9-12,16-17H,1,8H2,2-4H3/t9-,10+,11+,12+,13+,14+,15+/m1/s1. The third kappa shape index (κ3) is 1.28. The molecule has 2 N–H and O–H groups in total. The van der Waals surface area contributed by atoms with E-state index in [2.05, 4.69) is 6.58 Å². The van der Waals surface area contributed by atoms with Gasteiger partial charge in [-0.3, -0.25) is 0 Å². The molecule has 0 aromatic heterocycles. The summed E-state index contributed by atoms with van der Waals surface area (Å²) in [5.41, 5.74) is -1.99. The van der Waals surface area contributed by atoms with Crippen LogP contribution in [0.25, 0.3) is 0 Å². The van der Waals surface area contributed by atoms with Gasteiger partial charge in [-0.2, -0.15) is 0 Å². The van der Waals surface area contributed by atoms with Gasteiger partial charge in [0, 0.05) is 30.3 Å². The monoisotopic (exact) mass is 266 g/mol. The van der Waals surface area contributed by atoms with Gasteiger partial charge in [0.05, 0.1) is 12.7 Å². The van der Waals surface area contributed by atoms with E-state index in [0.717, 1.165) is 0 Å². The van der Waals surface area contributed by atoms with Crippen molar-refractivity contribution in [2.45, 2.75) is 31.3 Å². The van der Waals surface area contributed by atoms with Crippen LogP contribution in [0.15, 0.2) is 24.8 Å². The van der Waals surface area contributed by atoms with Crippen molar-refractivity contribution in [2.24, 2.45) is 23.2 Å². The molecule has 0 spiro atoms. The second-order valence-corrected chi connectivity index (χ2v) is 6.37. The molecule has 1 heterocycles. The van der Waals surface area contributed by atoms with Crippen LogP contribution >= 0.6 is 0 Å². The Balaban J connectivity index is 2.17. The summed E-state index contributed by atoms with van der Waals surface area (Å²) >= 11 is 0. The number of hydrogen-bond donors (Lipinski definition) is 2. The van der Waals surface area contributed by atoms with Crippen molar-refractivity contribution in [2.75, 3.05) is 13.7 Å². The van der Waals surface area contributed by atoms with E-state index in [-0.39, 0.29) is 17.8 Å². The maximum atomic E-state index is 10.9. The van der Waals surface area contributed by atoms with Crippen LogP contribution in [0.5, 0.6) is 0 Å². The van der Waals surface area contributed by atoms with Crippen molar-refractivity contribution >= 4 is 0 Å². The first-order valence-electron chi connectivity index (χ1n) is 6.76. The highest BCUT2D eigenvalue weighted by atomic mass is 16.7. The second kappa shape index (κ2) is 3.70. The highest BCUT2D eigenvalue weighted by molar-refractivity contribution is 5.33. The number of hydrogen-bond acceptors (Lipinski definition) is 4. The Bertz CT molecular complexity index is 447. The molecule has 0 aromatic rings. The number of rotatable bonds is 2. The highest BCUT2D eigenvalue weighted by Gasteiger charge is 2.71. The van der Waals surface area contributed by atoms with Gasteiger partial charge in [0.2, 0.25) is 0 Å². The number of aliphatic hydroxyl groups is 2. The number of fused-ring (bicyclic) bond motifs is 1. The molecule has 0 radical (unpaired) electrons. The van der Waals surface area contributed by atoms with E-state index in [1.807, 2.05) is 26.0 Å². The van der Waals surface area contributed by atoms with Crippen LogP contribution in [0.2, 0.25) is 0 Å². The van der Waals surface area contributed by atoms with Gasteiger partial charge in [0.15, 0.2) is 5.79 Å². The van der Waals surface area contributed by atoms with Crippen molar-refractivity contribution in [1.29, 1.82) is 0 Å². The average molecular weight is 266 g/mol. The Kier molecular flexibility index (Phi) is 2.59. The Morgan fingerprint density at radius 1 is 1.47 bits per heavy atom. The van der Waals surface area contributed by atoms with Crippen LogP contribution in [0.3, 0.4) is 0 Å². The normalized spacial score (nSPS) is 59.2. The van der Waals surface area contributed by atoms with Crippen LogP contribution in [-0.4, -0.2) is 41.4 Å². The number of ether oxygens (including phenoxy) is 2. The summed E-state index contributed by atoms with van der Waals surface area (Å²) in [6, 6.07) is 0. The van der Waals surface area contributed by atoms with Crippen LogP contribution < -0.4 is 0 Å². The van der Waals surface area contributed by atoms with Crippen LogP contribution in [0, 0.1) is 23.2 Å². The fourth-order valence-corrected chi connectivity index (χ4v) is 4.58. The van der Waals surface area contributed by atoms with Crippen LogP contribution in [0.1, 0.15) is 13.8 Å². The quantitative estimate of drug-likeness (QED) is 0.735. The largest absolute Gasteiger partial charge is 0.389 e. The van der Waals surface area contributed by atoms with Gasteiger partial charge in [0.25, 0.3) is 0 Å². The Morgan fingerprint density at radius 3 is 2.74 bits per heavy atom. The second-order valence-electron chi connectivity index (χ2n) is 6.37. The fraction of sp³-hybridized carbons (Fsp3) is 0.733. The maximum absolute atomic E-state index is 10.9. The fourth-order valence-electron chi connectivity index (χ4n) is 4.58. The molecule has 1 saturated heterocycles. The molecule has 19 heavy (non-hydrogen) atoms. The molecule has 1 saturated carbocycles. The SMILES string of the molecule is C=C[C@]1(O)[C@@H](O)[C@@H]2C=C[C@@]1(C)[C@@H]1[C@H]2CO[C@]1(C)OC. The molecular formula is C15H22O4. The van der Waals surface area contributed by atoms with E-state index in [1.165, 1.54) is 6.08 Å². The maximum Gasteiger partial charge on any atom is 0.169 e. The van der Waals surface area contributed by atoms with Crippen LogP contribution in [0.4, 0.5) is 0 Å². The van der Waals surface area contributed by atoms with Gasteiger partial charge in [-0.15, -0.1) is 6.58 Å². The molecule has 1 aliphatic heterocycles. The molecule has 4 nitrogen and oxygen atoms in total. The van der Waals surface area contributed by atoms with E-state index < -0.39 is 22.9 Å². The first-order chi connectivity index (χ1) is 8.84. The molecule has 106 valence electrons. The third-order valence-corrected chi connectivity index (χ3v) is 5.76. The minimum Gasteiger partial charge on any atom is -0.389 e. The third-order valence-electron chi connectivity index (χ3n) is 5.76. The molecule has 2 fully saturated rings. The van der Waals surface area contributed by atoms with Crippen molar-refractivity contribution in [3.63, 3.8) is 0 Å². The minimum atomic E-state index is -1.35. The van der Waals surface area contributed by atoms with E-state index >= 15 is 0 Å². The Hall–Kier alpha value is -0.680. The Labute approximate surface area is 113 Å². The summed E-state index contributed by atoms with van der Waals surface area (Å²) in [5, 5.41) is 21.4. The van der Waals surface area contributed by atoms with Crippen molar-refractivity contribution in [3.8, 4) is 0 Å². The first kappa shape index (κ1) is 13.3. The van der Waals surface area contributed by atoms with Gasteiger partial charge in [-0.05, 0) is 6.92 Å². The van der Waals surface area contributed by atoms with Gasteiger partial charge < -0.3 is 19.7 Å². The van der Waals surface area contributed by atoms with Gasteiger partial charge in [-0.1, -0.05) is 25.2 Å². The molecule has 0 amide bonds. The topological polar surface area (TPSA) is 58.9 Å². The minimum absolute atomic E-state index is 0.00796. The molecule has 0 aromatic carbocycles. The summed E-state index contributed by atoms with van der Waals surface area (Å²) in [6.07, 6.45) is 4.64. The highest BCUT2D eigenvalue weighted by Crippen LogP contribution is 2.64. The van der Waals surface area contributed by atoms with E-state index in [0.29, 0.717) is 6.61 Å². The summed E-state index contributed by atoms with van der Waals surface area (Å²) in [4.78, 5) is 0. The molecule has 7 atom stereocenters. The number of methoxy groups -OCH3 is 1. The lowest BCUT2D eigenvalue weighted by Gasteiger charge is -2.61. The lowest BCUT2D eigenvalue weighted by atomic mass is 9.46. The molecule has 3 aliphatic carbocycles. The average Bonchev–Trinajstić information content (AvgIpc) is 2.76. The lowest BCUT2D eigenvalue weighted by Crippen LogP contribution is -2.69.